The van der Waals surface area contributed by atoms with Gasteiger partial charge in [0.05, 0.1) is 18.2 Å². The molecule has 1 aliphatic rings. The van der Waals surface area contributed by atoms with E-state index in [4.69, 9.17) is 4.74 Å². The van der Waals surface area contributed by atoms with Gasteiger partial charge in [-0.2, -0.15) is 0 Å². The lowest BCUT2D eigenvalue weighted by Gasteiger charge is -2.31. The third-order valence-electron chi connectivity index (χ3n) is 5.35. The van der Waals surface area contributed by atoms with Crippen LogP contribution in [-0.2, 0) is 6.42 Å². The second kappa shape index (κ2) is 8.88. The molecular weight excluding hydrogens is 388 g/mol. The smallest absolute Gasteiger partial charge is 0.265 e. The van der Waals surface area contributed by atoms with Gasteiger partial charge in [-0.05, 0) is 60.7 Å². The Balaban J connectivity index is 1.27. The summed E-state index contributed by atoms with van der Waals surface area (Å²) in [5, 5.41) is 2.97. The molecule has 1 aliphatic heterocycles. The number of piperidine rings is 1. The van der Waals surface area contributed by atoms with Crippen LogP contribution in [0.5, 0.6) is 5.75 Å². The van der Waals surface area contributed by atoms with E-state index in [1.54, 1.807) is 24.6 Å². The van der Waals surface area contributed by atoms with Crippen molar-refractivity contribution in [1.29, 1.82) is 0 Å². The van der Waals surface area contributed by atoms with E-state index in [9.17, 15) is 4.79 Å². The van der Waals surface area contributed by atoms with Crippen LogP contribution in [0.3, 0.4) is 0 Å². The van der Waals surface area contributed by atoms with Crippen LogP contribution in [0.2, 0.25) is 0 Å². The van der Waals surface area contributed by atoms with Crippen molar-refractivity contribution in [3.63, 3.8) is 0 Å². The molecule has 0 unspecified atom stereocenters. The third-order valence-corrected chi connectivity index (χ3v) is 7.37. The molecule has 1 amide bonds. The molecule has 0 bridgehead atoms. The molecular formula is C22H24N2O2S2. The molecule has 146 valence electrons. The maximum atomic E-state index is 12.8. The van der Waals surface area contributed by atoms with Crippen LogP contribution in [0.25, 0.3) is 9.88 Å². The highest BCUT2D eigenvalue weighted by Crippen LogP contribution is 2.30. The number of carbonyl (C=O) groups excluding carboxylic acids is 1. The van der Waals surface area contributed by atoms with Crippen molar-refractivity contribution in [3.8, 4) is 15.6 Å². The molecule has 1 aromatic carbocycles. The Kier molecular flexibility index (Phi) is 6.07. The SMILES string of the molecule is COc1ccc(CCC2CCN(C(=O)c3cnc(-c4cccs4)s3)CC2)cc1. The summed E-state index contributed by atoms with van der Waals surface area (Å²) in [6, 6.07) is 12.4. The number of aromatic nitrogens is 1. The van der Waals surface area contributed by atoms with Gasteiger partial charge in [0.2, 0.25) is 0 Å². The van der Waals surface area contributed by atoms with E-state index >= 15 is 0 Å². The number of methoxy groups -OCH3 is 1. The van der Waals surface area contributed by atoms with Crippen LogP contribution in [-0.4, -0.2) is 36.0 Å². The average molecular weight is 413 g/mol. The molecule has 3 aromatic rings. The van der Waals surface area contributed by atoms with E-state index in [0.717, 1.165) is 52.9 Å². The Morgan fingerprint density at radius 3 is 2.68 bits per heavy atom. The van der Waals surface area contributed by atoms with Gasteiger partial charge in [0.1, 0.15) is 15.6 Å². The van der Waals surface area contributed by atoms with Crippen molar-refractivity contribution < 1.29 is 9.53 Å². The van der Waals surface area contributed by atoms with Gasteiger partial charge in [-0.1, -0.05) is 18.2 Å². The van der Waals surface area contributed by atoms with Crippen LogP contribution in [0.4, 0.5) is 0 Å². The zero-order valence-corrected chi connectivity index (χ0v) is 17.6. The maximum absolute atomic E-state index is 12.8. The first-order valence-corrected chi connectivity index (χ1v) is 11.3. The van der Waals surface area contributed by atoms with Gasteiger partial charge in [0, 0.05) is 13.1 Å². The summed E-state index contributed by atoms with van der Waals surface area (Å²) in [4.78, 5) is 21.1. The van der Waals surface area contributed by atoms with Crippen LogP contribution < -0.4 is 4.74 Å². The molecule has 0 spiro atoms. The average Bonchev–Trinajstić information content (AvgIpc) is 3.44. The second-order valence-corrected chi connectivity index (χ2v) is 9.11. The van der Waals surface area contributed by atoms with Crippen molar-refractivity contribution in [2.45, 2.75) is 25.7 Å². The number of amides is 1. The number of likely N-dealkylation sites (tertiary alicyclic amines) is 1. The summed E-state index contributed by atoms with van der Waals surface area (Å²) in [7, 11) is 1.69. The van der Waals surface area contributed by atoms with Crippen molar-refractivity contribution in [3.05, 3.63) is 58.4 Å². The number of thiophene rings is 1. The minimum absolute atomic E-state index is 0.133. The van der Waals surface area contributed by atoms with Crippen LogP contribution in [0, 0.1) is 5.92 Å². The number of hydrogen-bond acceptors (Lipinski definition) is 5. The van der Waals surface area contributed by atoms with Gasteiger partial charge in [-0.3, -0.25) is 4.79 Å². The fourth-order valence-electron chi connectivity index (χ4n) is 3.63. The van der Waals surface area contributed by atoms with E-state index in [1.807, 2.05) is 34.5 Å². The molecule has 4 nitrogen and oxygen atoms in total. The highest BCUT2D eigenvalue weighted by atomic mass is 32.1. The number of benzene rings is 1. The summed E-state index contributed by atoms with van der Waals surface area (Å²) >= 11 is 3.16. The Labute approximate surface area is 173 Å². The predicted octanol–water partition coefficient (Wildman–Crippen LogP) is 5.37. The topological polar surface area (TPSA) is 42.4 Å². The number of thiazole rings is 1. The lowest BCUT2D eigenvalue weighted by molar-refractivity contribution is 0.0691. The highest BCUT2D eigenvalue weighted by molar-refractivity contribution is 7.21. The van der Waals surface area contributed by atoms with Crippen LogP contribution in [0.15, 0.2) is 48.0 Å². The molecule has 0 radical (unpaired) electrons. The number of ether oxygens (including phenoxy) is 1. The summed E-state index contributed by atoms with van der Waals surface area (Å²) in [5.41, 5.74) is 1.35. The molecule has 1 saturated heterocycles. The second-order valence-electron chi connectivity index (χ2n) is 7.13. The van der Waals surface area contributed by atoms with Gasteiger partial charge in [0.15, 0.2) is 0 Å². The standard InChI is InChI=1S/C22H24N2O2S2/c1-26-18-8-6-16(7-9-18)4-5-17-10-12-24(13-11-17)22(25)20-15-23-21(28-20)19-3-2-14-27-19/h2-3,6-9,14-15,17H,4-5,10-13H2,1H3. The van der Waals surface area contributed by atoms with Crippen molar-refractivity contribution in [2.24, 2.45) is 5.92 Å². The first kappa shape index (κ1) is 19.2. The van der Waals surface area contributed by atoms with Crippen LogP contribution in [0.1, 0.15) is 34.5 Å². The quantitative estimate of drug-likeness (QED) is 0.547. The Morgan fingerprint density at radius 1 is 1.21 bits per heavy atom. The Morgan fingerprint density at radius 2 is 2.00 bits per heavy atom. The van der Waals surface area contributed by atoms with Crippen molar-refractivity contribution in [1.82, 2.24) is 9.88 Å². The molecule has 4 rings (SSSR count). The van der Waals surface area contributed by atoms with Gasteiger partial charge in [-0.25, -0.2) is 4.98 Å². The first-order chi connectivity index (χ1) is 13.7. The molecule has 6 heteroatoms. The molecule has 2 aromatic heterocycles. The van der Waals surface area contributed by atoms with E-state index < -0.39 is 0 Å². The van der Waals surface area contributed by atoms with Gasteiger partial charge in [-0.15, -0.1) is 22.7 Å². The monoisotopic (exact) mass is 412 g/mol. The maximum Gasteiger partial charge on any atom is 0.265 e. The Hall–Kier alpha value is -2.18. The summed E-state index contributed by atoms with van der Waals surface area (Å²) in [6.45, 7) is 1.69. The van der Waals surface area contributed by atoms with Gasteiger partial charge in [0.25, 0.3) is 5.91 Å². The van der Waals surface area contributed by atoms with E-state index in [2.05, 4.69) is 17.1 Å². The van der Waals surface area contributed by atoms with E-state index in [0.29, 0.717) is 5.92 Å². The first-order valence-electron chi connectivity index (χ1n) is 9.65. The summed E-state index contributed by atoms with van der Waals surface area (Å²) < 4.78 is 5.22. The van der Waals surface area contributed by atoms with E-state index in [-0.39, 0.29) is 5.91 Å². The number of rotatable bonds is 6. The normalized spacial score (nSPS) is 15.0. The summed E-state index contributed by atoms with van der Waals surface area (Å²) in [6.07, 6.45) is 6.16. The van der Waals surface area contributed by atoms with Gasteiger partial charge < -0.3 is 9.64 Å². The number of nitrogens with zero attached hydrogens (tertiary/aromatic N) is 2. The molecule has 0 aliphatic carbocycles. The lowest BCUT2D eigenvalue weighted by Crippen LogP contribution is -2.38. The molecule has 1 fully saturated rings. The molecule has 0 N–H and O–H groups in total. The molecule has 3 heterocycles. The molecule has 0 atom stereocenters. The fourth-order valence-corrected chi connectivity index (χ4v) is 5.32. The minimum atomic E-state index is 0.133. The van der Waals surface area contributed by atoms with Gasteiger partial charge >= 0.3 is 0 Å². The van der Waals surface area contributed by atoms with E-state index in [1.165, 1.54) is 23.3 Å². The highest BCUT2D eigenvalue weighted by Gasteiger charge is 2.25. The predicted molar refractivity (Wildman–Crippen MR) is 115 cm³/mol. The third kappa shape index (κ3) is 4.45. The zero-order chi connectivity index (χ0) is 19.3. The minimum Gasteiger partial charge on any atom is -0.497 e. The molecule has 0 saturated carbocycles. The number of aryl methyl sites for hydroxylation is 1. The van der Waals surface area contributed by atoms with Crippen LogP contribution >= 0.6 is 22.7 Å². The van der Waals surface area contributed by atoms with Crippen molar-refractivity contribution >= 4 is 28.6 Å². The van der Waals surface area contributed by atoms with Crippen molar-refractivity contribution in [2.75, 3.05) is 20.2 Å². The lowest BCUT2D eigenvalue weighted by atomic mass is 9.90. The Bertz CT molecular complexity index is 895. The largest absolute Gasteiger partial charge is 0.497 e. The number of carbonyl (C=O) groups is 1. The number of hydrogen-bond donors (Lipinski definition) is 0. The fraction of sp³-hybridized carbons (Fsp3) is 0.364. The summed E-state index contributed by atoms with van der Waals surface area (Å²) in [5.74, 6) is 1.73. The molecule has 28 heavy (non-hydrogen) atoms. The zero-order valence-electron chi connectivity index (χ0n) is 16.0.